The van der Waals surface area contributed by atoms with Gasteiger partial charge in [-0.05, 0) is 13.0 Å². The van der Waals surface area contributed by atoms with Crippen LogP contribution in [0.25, 0.3) is 0 Å². The van der Waals surface area contributed by atoms with Gasteiger partial charge in [0.05, 0.1) is 37.9 Å². The molecule has 114 valence electrons. The number of amides is 2. The number of nitrogens with one attached hydrogen (secondary N) is 1. The molecule has 0 aliphatic carbocycles. The largest absolute Gasteiger partial charge is 0.481 e. The predicted molar refractivity (Wildman–Crippen MR) is 72.6 cm³/mol. The second-order valence-corrected chi connectivity index (χ2v) is 4.77. The Hall–Kier alpha value is -2.22. The van der Waals surface area contributed by atoms with Gasteiger partial charge < -0.3 is 20.1 Å². The van der Waals surface area contributed by atoms with Crippen molar-refractivity contribution in [3.05, 3.63) is 23.8 Å². The smallest absolute Gasteiger partial charge is 0.318 e. The fraction of sp³-hybridized carbons (Fsp3) is 0.538. The average molecular weight is 294 g/mol. The number of rotatable bonds is 4. The average Bonchev–Trinajstić information content (AvgIpc) is 2.45. The number of urea groups is 1. The molecule has 1 aliphatic rings. The molecule has 2 amide bonds. The van der Waals surface area contributed by atoms with E-state index >= 15 is 0 Å². The highest BCUT2D eigenvalue weighted by Gasteiger charge is 2.28. The highest BCUT2D eigenvalue weighted by atomic mass is 16.5. The summed E-state index contributed by atoms with van der Waals surface area (Å²) in [5, 5.41) is 11.6. The van der Waals surface area contributed by atoms with Gasteiger partial charge in [0.1, 0.15) is 5.82 Å². The molecule has 1 unspecified atom stereocenters. The van der Waals surface area contributed by atoms with Gasteiger partial charge in [-0.2, -0.15) is 0 Å². The van der Waals surface area contributed by atoms with Crippen LogP contribution in [0, 0.1) is 6.92 Å². The van der Waals surface area contributed by atoms with Gasteiger partial charge in [0.15, 0.2) is 0 Å². The van der Waals surface area contributed by atoms with Crippen LogP contribution in [0.3, 0.4) is 0 Å². The molecule has 8 heteroatoms. The van der Waals surface area contributed by atoms with E-state index in [4.69, 9.17) is 9.84 Å². The van der Waals surface area contributed by atoms with Crippen molar-refractivity contribution < 1.29 is 19.4 Å². The van der Waals surface area contributed by atoms with Crippen LogP contribution in [-0.4, -0.2) is 57.8 Å². The number of carboxylic acid groups (broad SMARTS) is 1. The van der Waals surface area contributed by atoms with E-state index in [0.717, 1.165) is 0 Å². The van der Waals surface area contributed by atoms with Crippen molar-refractivity contribution >= 4 is 12.0 Å². The van der Waals surface area contributed by atoms with Crippen molar-refractivity contribution in [2.45, 2.75) is 25.9 Å². The molecule has 2 N–H and O–H groups in total. The number of ether oxygens (including phenoxy) is 1. The van der Waals surface area contributed by atoms with Gasteiger partial charge in [-0.15, -0.1) is 0 Å². The van der Waals surface area contributed by atoms with Crippen LogP contribution in [0.1, 0.15) is 17.9 Å². The molecule has 1 aromatic heterocycles. The fourth-order valence-electron chi connectivity index (χ4n) is 2.16. The number of carboxylic acids is 1. The molecular weight excluding hydrogens is 276 g/mol. The van der Waals surface area contributed by atoms with Crippen molar-refractivity contribution in [3.63, 3.8) is 0 Å². The van der Waals surface area contributed by atoms with Gasteiger partial charge in [-0.1, -0.05) is 0 Å². The number of nitrogens with zero attached hydrogens (tertiary/aromatic N) is 3. The first-order chi connectivity index (χ1) is 10.1. The zero-order chi connectivity index (χ0) is 15.2. The number of hydrogen-bond acceptors (Lipinski definition) is 5. The predicted octanol–water partition coefficient (Wildman–Crippen LogP) is 0.170. The van der Waals surface area contributed by atoms with E-state index in [2.05, 4.69) is 15.3 Å². The van der Waals surface area contributed by atoms with E-state index in [-0.39, 0.29) is 25.6 Å². The van der Waals surface area contributed by atoms with Crippen LogP contribution in [0.2, 0.25) is 0 Å². The second kappa shape index (κ2) is 6.98. The molecule has 1 atom stereocenters. The van der Waals surface area contributed by atoms with Crippen molar-refractivity contribution in [3.8, 4) is 0 Å². The lowest BCUT2D eigenvalue weighted by Crippen LogP contribution is -2.53. The molecule has 1 aromatic rings. The Morgan fingerprint density at radius 3 is 3.10 bits per heavy atom. The summed E-state index contributed by atoms with van der Waals surface area (Å²) in [4.78, 5) is 32.7. The zero-order valence-corrected chi connectivity index (χ0v) is 11.8. The Balaban J connectivity index is 1.92. The Bertz CT molecular complexity index is 523. The van der Waals surface area contributed by atoms with Gasteiger partial charge >= 0.3 is 12.0 Å². The Morgan fingerprint density at radius 1 is 1.57 bits per heavy atom. The summed E-state index contributed by atoms with van der Waals surface area (Å²) in [6.07, 6.45) is 1.51. The summed E-state index contributed by atoms with van der Waals surface area (Å²) in [7, 11) is 0. The number of hydrogen-bond donors (Lipinski definition) is 2. The summed E-state index contributed by atoms with van der Waals surface area (Å²) >= 11 is 0. The van der Waals surface area contributed by atoms with Crippen LogP contribution in [-0.2, 0) is 16.1 Å². The number of aryl methyl sites for hydroxylation is 1. The lowest BCUT2D eigenvalue weighted by molar-refractivity contribution is -0.139. The molecular formula is C13H18N4O4. The number of aromatic nitrogens is 2. The van der Waals surface area contributed by atoms with E-state index in [9.17, 15) is 9.59 Å². The van der Waals surface area contributed by atoms with Crippen LogP contribution in [0.15, 0.2) is 12.3 Å². The number of aliphatic carboxylic acids is 1. The molecule has 21 heavy (non-hydrogen) atoms. The third-order valence-electron chi connectivity index (χ3n) is 3.15. The quantitative estimate of drug-likeness (QED) is 0.820. The van der Waals surface area contributed by atoms with Crippen molar-refractivity contribution in [2.24, 2.45) is 0 Å². The highest BCUT2D eigenvalue weighted by molar-refractivity contribution is 5.76. The molecule has 1 aliphatic heterocycles. The lowest BCUT2D eigenvalue weighted by Gasteiger charge is -2.34. The fourth-order valence-corrected chi connectivity index (χ4v) is 2.16. The minimum atomic E-state index is -0.949. The number of carbonyl (C=O) groups is 2. The minimum absolute atomic E-state index is 0.125. The maximum Gasteiger partial charge on any atom is 0.318 e. The highest BCUT2D eigenvalue weighted by Crippen LogP contribution is 2.11. The third-order valence-corrected chi connectivity index (χ3v) is 3.15. The molecule has 8 nitrogen and oxygen atoms in total. The minimum Gasteiger partial charge on any atom is -0.481 e. The van der Waals surface area contributed by atoms with Gasteiger partial charge in [0, 0.05) is 12.7 Å². The first-order valence-corrected chi connectivity index (χ1v) is 6.69. The van der Waals surface area contributed by atoms with E-state index in [1.165, 1.54) is 4.90 Å². The SMILES string of the molecule is Cc1nccc(CNC(=O)N2CCOCC2CC(=O)O)n1. The maximum absolute atomic E-state index is 12.2. The van der Waals surface area contributed by atoms with Crippen LogP contribution >= 0.6 is 0 Å². The second-order valence-electron chi connectivity index (χ2n) is 4.77. The van der Waals surface area contributed by atoms with Crippen molar-refractivity contribution in [2.75, 3.05) is 19.8 Å². The van der Waals surface area contributed by atoms with Crippen LogP contribution in [0.5, 0.6) is 0 Å². The number of carbonyl (C=O) groups excluding carboxylic acids is 1. The lowest BCUT2D eigenvalue weighted by atomic mass is 10.1. The van der Waals surface area contributed by atoms with Crippen LogP contribution < -0.4 is 5.32 Å². The molecule has 0 radical (unpaired) electrons. The van der Waals surface area contributed by atoms with E-state index in [1.807, 2.05) is 0 Å². The summed E-state index contributed by atoms with van der Waals surface area (Å²) in [6, 6.07) is 0.977. The maximum atomic E-state index is 12.2. The topological polar surface area (TPSA) is 105 Å². The molecule has 0 saturated carbocycles. The van der Waals surface area contributed by atoms with E-state index in [1.54, 1.807) is 19.2 Å². The Labute approximate surface area is 122 Å². The van der Waals surface area contributed by atoms with E-state index in [0.29, 0.717) is 24.7 Å². The van der Waals surface area contributed by atoms with E-state index < -0.39 is 12.0 Å². The first kappa shape index (κ1) is 15.2. The molecule has 0 aromatic carbocycles. The summed E-state index contributed by atoms with van der Waals surface area (Å²) in [5.74, 6) is -0.313. The molecule has 2 heterocycles. The van der Waals surface area contributed by atoms with Crippen molar-refractivity contribution in [1.82, 2.24) is 20.2 Å². The molecule has 0 spiro atoms. The summed E-state index contributed by atoms with van der Waals surface area (Å²) < 4.78 is 5.24. The third kappa shape index (κ3) is 4.38. The van der Waals surface area contributed by atoms with Gasteiger partial charge in [0.25, 0.3) is 0 Å². The van der Waals surface area contributed by atoms with Crippen LogP contribution in [0.4, 0.5) is 4.79 Å². The molecule has 1 saturated heterocycles. The molecule has 2 rings (SSSR count). The zero-order valence-electron chi connectivity index (χ0n) is 11.8. The molecule has 1 fully saturated rings. The first-order valence-electron chi connectivity index (χ1n) is 6.69. The summed E-state index contributed by atoms with van der Waals surface area (Å²) in [5.41, 5.74) is 0.707. The Kier molecular flexibility index (Phi) is 5.04. The Morgan fingerprint density at radius 2 is 2.38 bits per heavy atom. The van der Waals surface area contributed by atoms with Gasteiger partial charge in [-0.3, -0.25) is 4.79 Å². The summed E-state index contributed by atoms with van der Waals surface area (Å²) in [6.45, 7) is 3.09. The van der Waals surface area contributed by atoms with Crippen molar-refractivity contribution in [1.29, 1.82) is 0 Å². The van der Waals surface area contributed by atoms with Gasteiger partial charge in [0.2, 0.25) is 0 Å². The monoisotopic (exact) mass is 294 g/mol. The normalized spacial score (nSPS) is 18.3. The standard InChI is InChI=1S/C13H18N4O4/c1-9-14-3-2-10(16-9)7-15-13(20)17-4-5-21-8-11(17)6-12(18)19/h2-3,11H,4-8H2,1H3,(H,15,20)(H,18,19). The molecule has 0 bridgehead atoms. The number of morpholine rings is 1. The van der Waals surface area contributed by atoms with Gasteiger partial charge in [-0.25, -0.2) is 14.8 Å².